The van der Waals surface area contributed by atoms with Crippen LogP contribution >= 0.6 is 0 Å². The van der Waals surface area contributed by atoms with Crippen molar-refractivity contribution in [3.05, 3.63) is 35.2 Å². The molecule has 115 valence electrons. The maximum absolute atomic E-state index is 3.76. The second kappa shape index (κ2) is 7.20. The Kier molecular flexibility index (Phi) is 7.27. The van der Waals surface area contributed by atoms with Gasteiger partial charge >= 0.3 is 133 Å². The van der Waals surface area contributed by atoms with E-state index >= 15 is 0 Å². The molecule has 0 saturated carbocycles. The Morgan fingerprint density at radius 2 is 1.48 bits per heavy atom. The van der Waals surface area contributed by atoms with E-state index in [9.17, 15) is 0 Å². The largest absolute Gasteiger partial charge is 1.00 e. The van der Waals surface area contributed by atoms with Gasteiger partial charge in [-0.15, -0.1) is 0 Å². The van der Waals surface area contributed by atoms with E-state index in [1.807, 2.05) is 0 Å². The van der Waals surface area contributed by atoms with Crippen LogP contribution in [0.15, 0.2) is 18.2 Å². The van der Waals surface area contributed by atoms with Crippen molar-refractivity contribution in [2.45, 2.75) is 58.8 Å². The van der Waals surface area contributed by atoms with Crippen LogP contribution in [0.4, 0.5) is 0 Å². The number of nitrogens with one attached hydrogen (secondary N) is 1. The second-order valence-electron chi connectivity index (χ2n) is 7.45. The Balaban J connectivity index is 0.00000200. The summed E-state index contributed by atoms with van der Waals surface area (Å²) in [5.41, 5.74) is 6.12. The molecule has 0 unspecified atom stereocenters. The Morgan fingerprint density at radius 3 is 1.86 bits per heavy atom. The molecule has 0 spiro atoms. The Bertz CT molecular complexity index is 555. The number of allylic oxidation sites excluding steroid dienone is 4. The molecule has 2 rings (SSSR count). The topological polar surface area (TPSA) is 15.8 Å². The van der Waals surface area contributed by atoms with Crippen LogP contribution in [0.25, 0.3) is 5.57 Å². The van der Waals surface area contributed by atoms with Crippen molar-refractivity contribution >= 4 is 8.84 Å². The summed E-state index contributed by atoms with van der Waals surface area (Å²) in [5, 5.41) is 0. The summed E-state index contributed by atoms with van der Waals surface area (Å²) in [6, 6.07) is 0. The van der Waals surface area contributed by atoms with Gasteiger partial charge in [-0.25, -0.2) is 0 Å². The summed E-state index contributed by atoms with van der Waals surface area (Å²) in [5.74, 6) is 0. The van der Waals surface area contributed by atoms with Crippen LogP contribution in [-0.2, 0) is 35.5 Å². The van der Waals surface area contributed by atoms with Gasteiger partial charge in [-0.05, 0) is 0 Å². The molecule has 1 aromatic rings. The van der Waals surface area contributed by atoms with Crippen molar-refractivity contribution in [2.75, 3.05) is 0 Å². The van der Waals surface area contributed by atoms with Crippen LogP contribution < -0.4 is 28.1 Å². The van der Waals surface area contributed by atoms with Gasteiger partial charge in [0, 0.05) is 0 Å². The first-order valence-corrected chi connectivity index (χ1v) is 8.20. The number of aromatic nitrogens is 1. The van der Waals surface area contributed by atoms with Crippen molar-refractivity contribution in [1.29, 1.82) is 0 Å². The van der Waals surface area contributed by atoms with Gasteiger partial charge in [0.25, 0.3) is 0 Å². The number of aromatic amines is 1. The normalized spacial score (nSPS) is 14.6. The molecule has 0 aromatic carbocycles. The minimum atomic E-state index is 0. The molecule has 1 N–H and O–H groups in total. The minimum Gasteiger partial charge on any atom is -1.00 e. The van der Waals surface area contributed by atoms with E-state index in [-0.39, 0.29) is 35.6 Å². The number of hydrogen-bond acceptors (Lipinski definition) is 0. The zero-order chi connectivity index (χ0) is 14.4. The Labute approximate surface area is 156 Å². The van der Waals surface area contributed by atoms with E-state index in [0.717, 1.165) is 6.42 Å². The van der Waals surface area contributed by atoms with Gasteiger partial charge in [-0.1, -0.05) is 0 Å². The van der Waals surface area contributed by atoms with Crippen molar-refractivity contribution in [1.82, 2.24) is 4.98 Å². The first-order chi connectivity index (χ1) is 8.62. The molecule has 21 heavy (non-hydrogen) atoms. The molecular weight excluding hydrogens is 380 g/mol. The van der Waals surface area contributed by atoms with Gasteiger partial charge in [0.05, 0.1) is 0 Å². The fourth-order valence-corrected chi connectivity index (χ4v) is 4.36. The van der Waals surface area contributed by atoms with Gasteiger partial charge in [-0.3, -0.25) is 0 Å². The average molecular weight is 405 g/mol. The van der Waals surface area contributed by atoms with Crippen molar-refractivity contribution in [2.24, 2.45) is 0 Å². The summed E-state index contributed by atoms with van der Waals surface area (Å²) in [6.07, 6.45) is 7.78. The Hall–Kier alpha value is 0.223. The van der Waals surface area contributed by atoms with E-state index in [1.54, 1.807) is 0 Å². The van der Waals surface area contributed by atoms with E-state index in [0.29, 0.717) is 0 Å². The number of rotatable bonds is 1. The SMILES string of the molecule is CC(C)(C)c1[nH]c(C(C)(C)C)c(C2=CC=CC2)[c]1[Zr+2].[Cl-].[Cl-]. The summed E-state index contributed by atoms with van der Waals surface area (Å²) < 4.78 is 1.51. The molecule has 0 fully saturated rings. The van der Waals surface area contributed by atoms with Gasteiger partial charge in [0.15, 0.2) is 0 Å². The molecule has 4 heteroatoms. The van der Waals surface area contributed by atoms with Gasteiger partial charge in [-0.2, -0.15) is 0 Å². The maximum atomic E-state index is 3.76. The smallest absolute Gasteiger partial charge is 1.00 e. The predicted octanol–water partition coefficient (Wildman–Crippen LogP) is -1.87. The number of H-pyrrole nitrogens is 1. The Morgan fingerprint density at radius 1 is 0.952 bits per heavy atom. The minimum absolute atomic E-state index is 0. The zero-order valence-corrected chi connectivity index (χ0v) is 17.7. The average Bonchev–Trinajstić information content (AvgIpc) is 2.80. The van der Waals surface area contributed by atoms with E-state index in [2.05, 4.69) is 64.8 Å². The predicted molar refractivity (Wildman–Crippen MR) is 79.6 cm³/mol. The van der Waals surface area contributed by atoms with Gasteiger partial charge in [0.1, 0.15) is 0 Å². The summed E-state index contributed by atoms with van der Waals surface area (Å²) in [6.45, 7) is 13.8. The molecule has 1 aromatic heterocycles. The van der Waals surface area contributed by atoms with Crippen molar-refractivity contribution < 1.29 is 49.5 Å². The fourth-order valence-electron chi connectivity index (χ4n) is 2.58. The molecular formula is C17H24Cl2NZr. The van der Waals surface area contributed by atoms with Gasteiger partial charge < -0.3 is 24.8 Å². The summed E-state index contributed by atoms with van der Waals surface area (Å²) in [7, 11) is 0. The van der Waals surface area contributed by atoms with Crippen molar-refractivity contribution in [3.8, 4) is 0 Å². The van der Waals surface area contributed by atoms with Crippen LogP contribution in [0.1, 0.15) is 64.9 Å². The second-order valence-corrected chi connectivity index (χ2v) is 8.68. The van der Waals surface area contributed by atoms with Crippen LogP contribution in [0.3, 0.4) is 0 Å². The summed E-state index contributed by atoms with van der Waals surface area (Å²) in [4.78, 5) is 3.76. The standard InChI is InChI=1S/C17H24N.2ClH.Zr/c1-16(2,3)14-11-13(12-9-7-8-10-12)15(18-14)17(4,5)6;;;/h7-9,18H,10H2,1-6H3;2*1H;/q;;;+2/p-2. The number of hydrogen-bond donors (Lipinski definition) is 1. The maximum Gasteiger partial charge on any atom is -1.00 e. The first kappa shape index (κ1) is 21.2. The van der Waals surface area contributed by atoms with E-state index in [1.165, 1.54) is 50.5 Å². The molecule has 0 aliphatic heterocycles. The molecule has 0 radical (unpaired) electrons. The third-order valence-corrected chi connectivity index (χ3v) is 4.82. The quantitative estimate of drug-likeness (QED) is 0.565. The monoisotopic (exact) mass is 402 g/mol. The van der Waals surface area contributed by atoms with Crippen LogP contribution in [0.2, 0.25) is 0 Å². The molecule has 1 aliphatic carbocycles. The molecule has 0 bridgehead atoms. The third-order valence-electron chi connectivity index (χ3n) is 3.59. The van der Waals surface area contributed by atoms with E-state index in [4.69, 9.17) is 0 Å². The fraction of sp³-hybridized carbons (Fsp3) is 0.529. The number of halogens is 2. The summed E-state index contributed by atoms with van der Waals surface area (Å²) >= 11 is 1.51. The molecule has 1 aliphatic rings. The van der Waals surface area contributed by atoms with E-state index < -0.39 is 0 Å². The molecule has 0 amide bonds. The first-order valence-electron chi connectivity index (χ1n) is 6.97. The van der Waals surface area contributed by atoms with Crippen LogP contribution in [-0.4, -0.2) is 4.98 Å². The van der Waals surface area contributed by atoms with Crippen molar-refractivity contribution in [3.63, 3.8) is 0 Å². The molecule has 1 heterocycles. The van der Waals surface area contributed by atoms with Crippen LogP contribution in [0.5, 0.6) is 0 Å². The molecule has 0 saturated heterocycles. The van der Waals surface area contributed by atoms with Crippen LogP contribution in [0, 0.1) is 0 Å². The molecule has 1 nitrogen and oxygen atoms in total. The van der Waals surface area contributed by atoms with Gasteiger partial charge in [0.2, 0.25) is 0 Å². The molecule has 0 atom stereocenters. The third kappa shape index (κ3) is 4.37. The zero-order valence-electron chi connectivity index (χ0n) is 13.7.